The van der Waals surface area contributed by atoms with Gasteiger partial charge in [-0.15, -0.1) is 10.2 Å². The van der Waals surface area contributed by atoms with E-state index in [0.717, 1.165) is 18.4 Å². The Kier molecular flexibility index (Phi) is 3.97. The number of urea groups is 1. The van der Waals surface area contributed by atoms with Crippen molar-refractivity contribution < 1.29 is 4.79 Å². The van der Waals surface area contributed by atoms with Crippen molar-refractivity contribution in [2.75, 3.05) is 11.9 Å². The summed E-state index contributed by atoms with van der Waals surface area (Å²) in [6.07, 6.45) is 3.55. The van der Waals surface area contributed by atoms with Gasteiger partial charge in [0, 0.05) is 18.3 Å². The second-order valence-corrected chi connectivity index (χ2v) is 6.64. The normalized spacial score (nSPS) is 16.6. The first-order chi connectivity index (χ1) is 13.8. The Morgan fingerprint density at radius 2 is 1.96 bits per heavy atom. The van der Waals surface area contributed by atoms with Crippen LogP contribution < -0.4 is 5.32 Å². The zero-order valence-corrected chi connectivity index (χ0v) is 15.0. The number of nitrogens with zero attached hydrogens (tertiary/aromatic N) is 6. The topological polar surface area (TPSA) is 104 Å². The molecule has 1 saturated heterocycles. The highest BCUT2D eigenvalue weighted by molar-refractivity contribution is 5.88. The number of aromatic amines is 1. The fraction of sp³-hybridized carbons (Fsp3) is 0.211. The van der Waals surface area contributed by atoms with Crippen molar-refractivity contribution in [1.82, 2.24) is 34.7 Å². The van der Waals surface area contributed by atoms with Crippen molar-refractivity contribution in [3.05, 3.63) is 60.6 Å². The lowest BCUT2D eigenvalue weighted by molar-refractivity contribution is 0.205. The Morgan fingerprint density at radius 1 is 1.11 bits per heavy atom. The highest BCUT2D eigenvalue weighted by atomic mass is 16.2. The van der Waals surface area contributed by atoms with Gasteiger partial charge in [0.25, 0.3) is 0 Å². The predicted molar refractivity (Wildman–Crippen MR) is 103 cm³/mol. The zero-order valence-electron chi connectivity index (χ0n) is 15.0. The van der Waals surface area contributed by atoms with Crippen LogP contribution in [0.4, 0.5) is 10.7 Å². The van der Waals surface area contributed by atoms with Crippen LogP contribution >= 0.6 is 0 Å². The van der Waals surface area contributed by atoms with Gasteiger partial charge in [-0.25, -0.2) is 9.78 Å². The van der Waals surface area contributed by atoms with E-state index >= 15 is 0 Å². The molecule has 2 N–H and O–H groups in total. The lowest BCUT2D eigenvalue weighted by Gasteiger charge is -2.22. The molecule has 4 heterocycles. The molecule has 1 atom stereocenters. The minimum atomic E-state index is -0.224. The van der Waals surface area contributed by atoms with Crippen molar-refractivity contribution >= 4 is 17.6 Å². The van der Waals surface area contributed by atoms with Gasteiger partial charge in [-0.1, -0.05) is 36.4 Å². The fourth-order valence-corrected chi connectivity index (χ4v) is 3.53. The third kappa shape index (κ3) is 2.86. The summed E-state index contributed by atoms with van der Waals surface area (Å²) in [5.74, 6) is 1.72. The van der Waals surface area contributed by atoms with E-state index in [9.17, 15) is 4.79 Å². The lowest BCUT2D eigenvalue weighted by Crippen LogP contribution is -2.35. The Balaban J connectivity index is 1.37. The number of hydrogen-bond donors (Lipinski definition) is 2. The predicted octanol–water partition coefficient (Wildman–Crippen LogP) is 2.88. The summed E-state index contributed by atoms with van der Waals surface area (Å²) >= 11 is 0. The van der Waals surface area contributed by atoms with Crippen molar-refractivity contribution in [1.29, 1.82) is 0 Å². The smallest absolute Gasteiger partial charge is 0.314 e. The molecule has 1 unspecified atom stereocenters. The molecule has 140 valence electrons. The molecular weight excluding hydrogens is 356 g/mol. The van der Waals surface area contributed by atoms with Crippen LogP contribution in [0.1, 0.15) is 24.7 Å². The van der Waals surface area contributed by atoms with E-state index in [2.05, 4.69) is 30.7 Å². The van der Waals surface area contributed by atoms with Gasteiger partial charge in [0.15, 0.2) is 11.5 Å². The van der Waals surface area contributed by atoms with Crippen molar-refractivity contribution in [3.8, 4) is 11.4 Å². The summed E-state index contributed by atoms with van der Waals surface area (Å²) < 4.78 is 1.74. The summed E-state index contributed by atoms with van der Waals surface area (Å²) in [6.45, 7) is 0.647. The molecule has 1 aliphatic heterocycles. The number of likely N-dealkylation sites (tertiary alicyclic amines) is 1. The van der Waals surface area contributed by atoms with Crippen LogP contribution in [0.3, 0.4) is 0 Å². The first-order valence-corrected chi connectivity index (χ1v) is 9.15. The average Bonchev–Trinajstić information content (AvgIpc) is 3.48. The van der Waals surface area contributed by atoms with E-state index in [1.54, 1.807) is 9.30 Å². The third-order valence-electron chi connectivity index (χ3n) is 4.90. The van der Waals surface area contributed by atoms with Crippen LogP contribution in [0, 0.1) is 0 Å². The second kappa shape index (κ2) is 6.76. The number of aromatic nitrogens is 6. The van der Waals surface area contributed by atoms with Crippen LogP contribution in [-0.4, -0.2) is 47.3 Å². The fourth-order valence-electron chi connectivity index (χ4n) is 3.53. The zero-order chi connectivity index (χ0) is 18.9. The summed E-state index contributed by atoms with van der Waals surface area (Å²) in [4.78, 5) is 19.3. The molecule has 28 heavy (non-hydrogen) atoms. The molecule has 0 aliphatic carbocycles. The third-order valence-corrected chi connectivity index (χ3v) is 4.90. The SMILES string of the molecule is O=C(Nc1nnc2ccccn12)N1CCCC1c1nc(-c2ccccc2)n[nH]1. The maximum absolute atomic E-state index is 12.9. The number of anilines is 1. The van der Waals surface area contributed by atoms with Gasteiger partial charge in [-0.2, -0.15) is 5.10 Å². The number of H-pyrrole nitrogens is 1. The molecule has 2 amide bonds. The van der Waals surface area contributed by atoms with Gasteiger partial charge in [0.1, 0.15) is 5.82 Å². The number of nitrogens with one attached hydrogen (secondary N) is 2. The summed E-state index contributed by atoms with van der Waals surface area (Å²) in [5, 5.41) is 18.3. The number of fused-ring (bicyclic) bond motifs is 1. The summed E-state index contributed by atoms with van der Waals surface area (Å²) in [5.41, 5.74) is 1.62. The molecule has 9 nitrogen and oxygen atoms in total. The molecule has 0 spiro atoms. The second-order valence-electron chi connectivity index (χ2n) is 6.64. The van der Waals surface area contributed by atoms with Crippen molar-refractivity contribution in [3.63, 3.8) is 0 Å². The van der Waals surface area contributed by atoms with Gasteiger partial charge in [-0.3, -0.25) is 14.8 Å². The molecular formula is C19H18N8O. The van der Waals surface area contributed by atoms with Crippen LogP contribution in [0.15, 0.2) is 54.7 Å². The number of pyridine rings is 1. The van der Waals surface area contributed by atoms with E-state index in [1.807, 2.05) is 54.7 Å². The number of benzene rings is 1. The van der Waals surface area contributed by atoms with Crippen molar-refractivity contribution in [2.45, 2.75) is 18.9 Å². The van der Waals surface area contributed by atoms with Gasteiger partial charge < -0.3 is 4.90 Å². The van der Waals surface area contributed by atoms with Gasteiger partial charge in [0.2, 0.25) is 5.95 Å². The highest BCUT2D eigenvalue weighted by Crippen LogP contribution is 2.31. The Morgan fingerprint density at radius 3 is 2.86 bits per heavy atom. The summed E-state index contributed by atoms with van der Waals surface area (Å²) in [6, 6.07) is 15.0. The maximum Gasteiger partial charge on any atom is 0.324 e. The largest absolute Gasteiger partial charge is 0.324 e. The molecule has 3 aromatic heterocycles. The minimum Gasteiger partial charge on any atom is -0.314 e. The maximum atomic E-state index is 12.9. The van der Waals surface area contributed by atoms with Gasteiger partial charge >= 0.3 is 6.03 Å². The van der Waals surface area contributed by atoms with Crippen LogP contribution in [-0.2, 0) is 0 Å². The molecule has 1 fully saturated rings. The number of hydrogen-bond acceptors (Lipinski definition) is 5. The first kappa shape index (κ1) is 16.4. The van der Waals surface area contributed by atoms with E-state index < -0.39 is 0 Å². The van der Waals surface area contributed by atoms with Crippen LogP contribution in [0.25, 0.3) is 17.0 Å². The number of rotatable bonds is 3. The van der Waals surface area contributed by atoms with E-state index in [1.165, 1.54) is 0 Å². The average molecular weight is 374 g/mol. The number of carbonyl (C=O) groups is 1. The molecule has 0 saturated carbocycles. The van der Waals surface area contributed by atoms with E-state index in [-0.39, 0.29) is 12.1 Å². The first-order valence-electron chi connectivity index (χ1n) is 9.15. The molecule has 0 radical (unpaired) electrons. The molecule has 0 bridgehead atoms. The Labute approximate surface area is 160 Å². The molecule has 1 aromatic carbocycles. The van der Waals surface area contributed by atoms with Crippen LogP contribution in [0.5, 0.6) is 0 Å². The van der Waals surface area contributed by atoms with Crippen LogP contribution in [0.2, 0.25) is 0 Å². The molecule has 5 rings (SSSR count). The van der Waals surface area contributed by atoms with Gasteiger partial charge in [-0.05, 0) is 25.0 Å². The summed E-state index contributed by atoms with van der Waals surface area (Å²) in [7, 11) is 0. The number of amides is 2. The van der Waals surface area contributed by atoms with E-state index in [4.69, 9.17) is 0 Å². The standard InChI is InChI=1S/C19H18N8O/c28-19(21-18-25-22-15-10-4-5-11-27(15)18)26-12-6-9-14(26)17-20-16(23-24-17)13-7-2-1-3-8-13/h1-5,7-8,10-11,14H,6,9,12H2,(H,20,23,24)(H,21,25,28). The lowest BCUT2D eigenvalue weighted by atomic mass is 10.2. The van der Waals surface area contributed by atoms with Gasteiger partial charge in [0.05, 0.1) is 6.04 Å². The highest BCUT2D eigenvalue weighted by Gasteiger charge is 2.33. The minimum absolute atomic E-state index is 0.149. The van der Waals surface area contributed by atoms with E-state index in [0.29, 0.717) is 29.8 Å². The molecule has 4 aromatic rings. The monoisotopic (exact) mass is 374 g/mol. The molecule has 1 aliphatic rings. The quantitative estimate of drug-likeness (QED) is 0.574. The Hall–Kier alpha value is -3.75. The Bertz CT molecular complexity index is 1120. The van der Waals surface area contributed by atoms with Crippen molar-refractivity contribution in [2.24, 2.45) is 0 Å². The molecule has 9 heteroatoms. The number of carbonyl (C=O) groups excluding carboxylic acids is 1.